The van der Waals surface area contributed by atoms with Crippen molar-refractivity contribution in [3.63, 3.8) is 0 Å². The van der Waals surface area contributed by atoms with E-state index in [0.29, 0.717) is 12.0 Å². The van der Waals surface area contributed by atoms with E-state index in [1.165, 1.54) is 12.1 Å². The van der Waals surface area contributed by atoms with E-state index in [-0.39, 0.29) is 12.0 Å². The summed E-state index contributed by atoms with van der Waals surface area (Å²) < 4.78 is 60.0. The lowest BCUT2D eigenvalue weighted by atomic mass is 10.1. The lowest BCUT2D eigenvalue weighted by Crippen LogP contribution is -2.24. The number of benzene rings is 1. The van der Waals surface area contributed by atoms with E-state index in [0.717, 1.165) is 6.07 Å². The zero-order chi connectivity index (χ0) is 12.8. The number of aryl methyl sites for hydroxylation is 1. The molecule has 1 atom stereocenters. The second kappa shape index (κ2) is 3.71. The van der Waals surface area contributed by atoms with Crippen LogP contribution < -0.4 is 0 Å². The molecule has 0 bridgehead atoms. The molecular weight excluding hydrogens is 257 g/mol. The minimum Gasteiger partial charge on any atom is -0.388 e. The molecule has 3 nitrogen and oxygen atoms in total. The van der Waals surface area contributed by atoms with Crippen LogP contribution in [0.3, 0.4) is 0 Å². The molecule has 0 aromatic heterocycles. The third-order valence-corrected chi connectivity index (χ3v) is 4.32. The summed E-state index contributed by atoms with van der Waals surface area (Å²) in [7, 11) is -5.39. The molecule has 1 unspecified atom stereocenters. The van der Waals surface area contributed by atoms with Crippen LogP contribution in [0.2, 0.25) is 0 Å². The maximum absolute atomic E-state index is 12.4. The fraction of sp³-hybridized carbons (Fsp3) is 0.400. The molecule has 94 valence electrons. The van der Waals surface area contributed by atoms with Crippen molar-refractivity contribution in [2.24, 2.45) is 0 Å². The molecule has 0 saturated carbocycles. The maximum atomic E-state index is 12.4. The van der Waals surface area contributed by atoms with E-state index in [1.807, 2.05) is 0 Å². The Morgan fingerprint density at radius 1 is 1.29 bits per heavy atom. The smallest absolute Gasteiger partial charge is 0.388 e. The highest BCUT2D eigenvalue weighted by Crippen LogP contribution is 2.40. The van der Waals surface area contributed by atoms with Gasteiger partial charge in [-0.15, -0.1) is 0 Å². The summed E-state index contributed by atoms with van der Waals surface area (Å²) in [6, 6.07) is 3.67. The van der Waals surface area contributed by atoms with Gasteiger partial charge in [0.25, 0.3) is 9.84 Å². The van der Waals surface area contributed by atoms with E-state index >= 15 is 0 Å². The molecule has 0 fully saturated rings. The van der Waals surface area contributed by atoms with E-state index in [2.05, 4.69) is 0 Å². The molecule has 2 rings (SSSR count). The van der Waals surface area contributed by atoms with Gasteiger partial charge in [-0.05, 0) is 24.5 Å². The van der Waals surface area contributed by atoms with Crippen LogP contribution in [0.5, 0.6) is 0 Å². The second-order valence-electron chi connectivity index (χ2n) is 3.83. The minimum absolute atomic E-state index is 0.107. The summed E-state index contributed by atoms with van der Waals surface area (Å²) in [6.45, 7) is 0. The van der Waals surface area contributed by atoms with Gasteiger partial charge < -0.3 is 5.11 Å². The molecule has 0 aliphatic heterocycles. The molecule has 0 heterocycles. The Morgan fingerprint density at radius 3 is 2.53 bits per heavy atom. The second-order valence-corrected chi connectivity index (χ2v) is 5.74. The number of halogens is 3. The predicted octanol–water partition coefficient (Wildman–Crippen LogP) is 1.96. The predicted molar refractivity (Wildman–Crippen MR) is 53.0 cm³/mol. The number of alkyl halides is 3. The molecule has 0 saturated heterocycles. The third kappa shape index (κ3) is 1.83. The highest BCUT2D eigenvalue weighted by molar-refractivity contribution is 7.92. The van der Waals surface area contributed by atoms with E-state index in [1.54, 1.807) is 0 Å². The number of sulfone groups is 1. The van der Waals surface area contributed by atoms with Gasteiger partial charge in [0.15, 0.2) is 0 Å². The van der Waals surface area contributed by atoms with Crippen LogP contribution in [0.15, 0.2) is 23.1 Å². The Bertz CT molecular complexity index is 548. The molecule has 0 spiro atoms. The lowest BCUT2D eigenvalue weighted by molar-refractivity contribution is -0.0437. The SMILES string of the molecule is O=S(=O)(c1cccc2c1C(O)CC2)C(F)(F)F. The molecule has 1 aliphatic carbocycles. The van der Waals surface area contributed by atoms with Crippen LogP contribution in [-0.2, 0) is 16.3 Å². The highest BCUT2D eigenvalue weighted by atomic mass is 32.2. The van der Waals surface area contributed by atoms with Gasteiger partial charge in [0, 0.05) is 5.56 Å². The average molecular weight is 266 g/mol. The van der Waals surface area contributed by atoms with Gasteiger partial charge >= 0.3 is 5.51 Å². The van der Waals surface area contributed by atoms with Crippen LogP contribution in [0.25, 0.3) is 0 Å². The minimum atomic E-state index is -5.39. The first-order chi connectivity index (χ1) is 7.75. The van der Waals surface area contributed by atoms with Crippen molar-refractivity contribution in [1.29, 1.82) is 0 Å². The molecule has 1 aliphatic rings. The van der Waals surface area contributed by atoms with Crippen LogP contribution in [0.4, 0.5) is 13.2 Å². The van der Waals surface area contributed by atoms with Gasteiger partial charge in [0.1, 0.15) is 0 Å². The van der Waals surface area contributed by atoms with Crippen molar-refractivity contribution in [3.05, 3.63) is 29.3 Å². The summed E-state index contributed by atoms with van der Waals surface area (Å²) in [4.78, 5) is -0.826. The first kappa shape index (κ1) is 12.4. The van der Waals surface area contributed by atoms with Crippen molar-refractivity contribution in [2.45, 2.75) is 29.3 Å². The van der Waals surface area contributed by atoms with E-state index in [4.69, 9.17) is 0 Å². The van der Waals surface area contributed by atoms with Gasteiger partial charge in [0.2, 0.25) is 0 Å². The van der Waals surface area contributed by atoms with Crippen molar-refractivity contribution in [3.8, 4) is 0 Å². The Kier molecular flexibility index (Phi) is 2.70. The lowest BCUT2D eigenvalue weighted by Gasteiger charge is -2.13. The number of rotatable bonds is 1. The van der Waals surface area contributed by atoms with Crippen LogP contribution in [-0.4, -0.2) is 19.0 Å². The normalized spacial score (nSPS) is 20.4. The number of hydrogen-bond acceptors (Lipinski definition) is 3. The summed E-state index contributed by atoms with van der Waals surface area (Å²) in [5.74, 6) is 0. The Hall–Kier alpha value is -1.08. The molecule has 1 aromatic rings. The van der Waals surface area contributed by atoms with Gasteiger partial charge in [-0.3, -0.25) is 0 Å². The van der Waals surface area contributed by atoms with Crippen molar-refractivity contribution in [2.75, 3.05) is 0 Å². The van der Waals surface area contributed by atoms with Gasteiger partial charge in [0.05, 0.1) is 11.0 Å². The molecule has 1 N–H and O–H groups in total. The topological polar surface area (TPSA) is 54.4 Å². The van der Waals surface area contributed by atoms with Crippen LogP contribution in [0.1, 0.15) is 23.7 Å². The number of fused-ring (bicyclic) bond motifs is 1. The van der Waals surface area contributed by atoms with Crippen molar-refractivity contribution in [1.82, 2.24) is 0 Å². The molecule has 0 amide bonds. The average Bonchev–Trinajstić information content (AvgIpc) is 2.59. The number of aliphatic hydroxyl groups is 1. The first-order valence-corrected chi connectivity index (χ1v) is 6.34. The van der Waals surface area contributed by atoms with Crippen molar-refractivity contribution < 1.29 is 26.7 Å². The molecule has 7 heteroatoms. The Morgan fingerprint density at radius 2 is 1.94 bits per heavy atom. The monoisotopic (exact) mass is 266 g/mol. The third-order valence-electron chi connectivity index (χ3n) is 2.77. The zero-order valence-electron chi connectivity index (χ0n) is 8.53. The summed E-state index contributed by atoms with van der Waals surface area (Å²) >= 11 is 0. The summed E-state index contributed by atoms with van der Waals surface area (Å²) in [5, 5.41) is 9.56. The maximum Gasteiger partial charge on any atom is 0.501 e. The van der Waals surface area contributed by atoms with Gasteiger partial charge in [-0.25, -0.2) is 8.42 Å². The van der Waals surface area contributed by atoms with Crippen molar-refractivity contribution >= 4 is 9.84 Å². The summed E-state index contributed by atoms with van der Waals surface area (Å²) in [5.41, 5.74) is -4.99. The zero-order valence-corrected chi connectivity index (χ0v) is 9.35. The number of aliphatic hydroxyl groups excluding tert-OH is 1. The standard InChI is InChI=1S/C10H9F3O3S/c11-10(12,13)17(15,16)8-3-1-2-6-4-5-7(14)9(6)8/h1-3,7,14H,4-5H2. The Balaban J connectivity index is 2.67. The molecular formula is C10H9F3O3S. The summed E-state index contributed by atoms with van der Waals surface area (Å²) in [6.07, 6.45) is -0.504. The molecule has 0 radical (unpaired) electrons. The molecule has 1 aromatic carbocycles. The fourth-order valence-electron chi connectivity index (χ4n) is 1.98. The van der Waals surface area contributed by atoms with Crippen LogP contribution >= 0.6 is 0 Å². The van der Waals surface area contributed by atoms with Gasteiger partial charge in [-0.2, -0.15) is 13.2 Å². The van der Waals surface area contributed by atoms with E-state index in [9.17, 15) is 26.7 Å². The molecule has 17 heavy (non-hydrogen) atoms. The fourth-order valence-corrected chi connectivity index (χ4v) is 3.04. The first-order valence-electron chi connectivity index (χ1n) is 4.86. The number of hydrogen-bond donors (Lipinski definition) is 1. The van der Waals surface area contributed by atoms with E-state index < -0.39 is 26.3 Å². The van der Waals surface area contributed by atoms with Crippen LogP contribution in [0, 0.1) is 0 Å². The van der Waals surface area contributed by atoms with Gasteiger partial charge in [-0.1, -0.05) is 12.1 Å². The largest absolute Gasteiger partial charge is 0.501 e. The quantitative estimate of drug-likeness (QED) is 0.845. The Labute approximate surface area is 95.8 Å². The highest BCUT2D eigenvalue weighted by Gasteiger charge is 2.49.